The van der Waals surface area contributed by atoms with Crippen molar-refractivity contribution in [2.75, 3.05) is 5.32 Å². The van der Waals surface area contributed by atoms with Gasteiger partial charge >= 0.3 is 5.97 Å². The van der Waals surface area contributed by atoms with Crippen molar-refractivity contribution in [2.24, 2.45) is 0 Å². The third-order valence-corrected chi connectivity index (χ3v) is 3.83. The average molecular weight is 305 g/mol. The summed E-state index contributed by atoms with van der Waals surface area (Å²) in [6.07, 6.45) is 0.203. The van der Waals surface area contributed by atoms with Crippen LogP contribution in [0, 0.1) is 0 Å². The molecule has 1 aromatic heterocycles. The number of para-hydroxylation sites is 2. The first-order valence-electron chi connectivity index (χ1n) is 6.83. The number of nitrogens with one attached hydrogen (secondary N) is 1. The van der Waals surface area contributed by atoms with Gasteiger partial charge in [0.1, 0.15) is 5.75 Å². The van der Waals surface area contributed by atoms with E-state index >= 15 is 0 Å². The van der Waals surface area contributed by atoms with E-state index < -0.39 is 5.97 Å². The van der Waals surface area contributed by atoms with E-state index in [0.717, 1.165) is 21.2 Å². The number of hydrogen-bond donors (Lipinski definition) is 2. The monoisotopic (exact) mass is 305 g/mol. The molecule has 2 N–H and O–H groups in total. The Balaban J connectivity index is 1.99. The van der Waals surface area contributed by atoms with Crippen molar-refractivity contribution < 1.29 is 14.6 Å². The Bertz CT molecular complexity index is 607. The number of hydrogen-bond acceptors (Lipinski definition) is 4. The summed E-state index contributed by atoms with van der Waals surface area (Å²) in [5, 5.41) is 12.1. The van der Waals surface area contributed by atoms with Crippen LogP contribution in [0.4, 0.5) is 5.69 Å². The second-order valence-electron chi connectivity index (χ2n) is 4.95. The summed E-state index contributed by atoms with van der Waals surface area (Å²) in [5.41, 5.74) is 0.944. The topological polar surface area (TPSA) is 58.6 Å². The van der Waals surface area contributed by atoms with Gasteiger partial charge in [-0.1, -0.05) is 12.1 Å². The molecule has 0 saturated heterocycles. The van der Waals surface area contributed by atoms with Gasteiger partial charge in [0.2, 0.25) is 0 Å². The van der Waals surface area contributed by atoms with Gasteiger partial charge in [0.25, 0.3) is 0 Å². The van der Waals surface area contributed by atoms with Crippen LogP contribution in [0.2, 0.25) is 0 Å². The van der Waals surface area contributed by atoms with Crippen LogP contribution in [0.3, 0.4) is 0 Å². The Kier molecular flexibility index (Phi) is 5.22. The second-order valence-corrected chi connectivity index (χ2v) is 6.21. The fraction of sp³-hybridized carbons (Fsp3) is 0.312. The quantitative estimate of drug-likeness (QED) is 0.817. The van der Waals surface area contributed by atoms with Crippen LogP contribution >= 0.6 is 11.3 Å². The van der Waals surface area contributed by atoms with Crippen molar-refractivity contribution in [1.82, 2.24) is 0 Å². The number of anilines is 1. The van der Waals surface area contributed by atoms with Crippen LogP contribution in [0.15, 0.2) is 36.4 Å². The minimum Gasteiger partial charge on any atom is -0.489 e. The second kappa shape index (κ2) is 7.13. The van der Waals surface area contributed by atoms with Crippen molar-refractivity contribution in [3.63, 3.8) is 0 Å². The number of ether oxygens (including phenoxy) is 1. The molecule has 112 valence electrons. The van der Waals surface area contributed by atoms with E-state index in [4.69, 9.17) is 9.84 Å². The molecule has 0 unspecified atom stereocenters. The van der Waals surface area contributed by atoms with Crippen molar-refractivity contribution in [1.29, 1.82) is 0 Å². The lowest BCUT2D eigenvalue weighted by molar-refractivity contribution is -0.136. The predicted octanol–water partition coefficient (Wildman–Crippen LogP) is 3.77. The highest BCUT2D eigenvalue weighted by atomic mass is 32.1. The van der Waals surface area contributed by atoms with Gasteiger partial charge in [-0.15, -0.1) is 11.3 Å². The number of rotatable bonds is 7. The fourth-order valence-electron chi connectivity index (χ4n) is 1.91. The lowest BCUT2D eigenvalue weighted by Crippen LogP contribution is -2.08. The third-order valence-electron chi connectivity index (χ3n) is 2.75. The van der Waals surface area contributed by atoms with Crippen molar-refractivity contribution >= 4 is 23.0 Å². The zero-order valence-corrected chi connectivity index (χ0v) is 12.9. The maximum absolute atomic E-state index is 10.7. The highest BCUT2D eigenvalue weighted by molar-refractivity contribution is 7.12. The summed E-state index contributed by atoms with van der Waals surface area (Å²) in [4.78, 5) is 12.6. The van der Waals surface area contributed by atoms with Crippen LogP contribution in [-0.2, 0) is 17.8 Å². The number of carboxylic acid groups (broad SMARTS) is 1. The lowest BCUT2D eigenvalue weighted by Gasteiger charge is -2.15. The van der Waals surface area contributed by atoms with Crippen LogP contribution < -0.4 is 10.1 Å². The molecule has 1 aromatic carbocycles. The Morgan fingerprint density at radius 3 is 2.67 bits per heavy atom. The van der Waals surface area contributed by atoms with Crippen molar-refractivity contribution in [2.45, 2.75) is 32.9 Å². The first-order chi connectivity index (χ1) is 10.0. The van der Waals surface area contributed by atoms with E-state index in [0.29, 0.717) is 6.54 Å². The minimum absolute atomic E-state index is 0.0811. The van der Waals surface area contributed by atoms with Crippen molar-refractivity contribution in [3.05, 3.63) is 46.2 Å². The Hall–Kier alpha value is -2.01. The van der Waals surface area contributed by atoms with Gasteiger partial charge in [-0.2, -0.15) is 0 Å². The molecule has 2 aromatic rings. The highest BCUT2D eigenvalue weighted by Gasteiger charge is 2.07. The summed E-state index contributed by atoms with van der Waals surface area (Å²) in [5.74, 6) is 0.0295. The summed E-state index contributed by atoms with van der Waals surface area (Å²) < 4.78 is 5.75. The third kappa shape index (κ3) is 4.79. The van der Waals surface area contributed by atoms with Crippen LogP contribution in [0.25, 0.3) is 0 Å². The molecule has 0 saturated carbocycles. The van der Waals surface area contributed by atoms with E-state index in [1.807, 2.05) is 50.2 Å². The molecule has 5 heteroatoms. The molecule has 0 aliphatic heterocycles. The Morgan fingerprint density at radius 2 is 1.95 bits per heavy atom. The van der Waals surface area contributed by atoms with E-state index in [2.05, 4.69) is 5.32 Å². The molecule has 0 spiro atoms. The first kappa shape index (κ1) is 15.4. The van der Waals surface area contributed by atoms with Gasteiger partial charge in [0, 0.05) is 16.3 Å². The van der Waals surface area contributed by atoms with E-state index in [1.54, 1.807) is 0 Å². The average Bonchev–Trinajstić information content (AvgIpc) is 2.84. The molecular weight excluding hydrogens is 286 g/mol. The summed E-state index contributed by atoms with van der Waals surface area (Å²) in [7, 11) is 0. The van der Waals surface area contributed by atoms with Gasteiger partial charge < -0.3 is 15.2 Å². The van der Waals surface area contributed by atoms with Crippen LogP contribution in [-0.4, -0.2) is 17.2 Å². The molecule has 4 nitrogen and oxygen atoms in total. The zero-order chi connectivity index (χ0) is 15.2. The molecule has 0 aliphatic carbocycles. The highest BCUT2D eigenvalue weighted by Crippen LogP contribution is 2.26. The van der Waals surface area contributed by atoms with E-state index in [1.165, 1.54) is 11.3 Å². The SMILES string of the molecule is CC(C)Oc1ccccc1NCc1ccc(CC(=O)O)s1. The molecule has 0 fully saturated rings. The fourth-order valence-corrected chi connectivity index (χ4v) is 2.86. The molecule has 1 heterocycles. The molecule has 0 aliphatic rings. The van der Waals surface area contributed by atoms with Gasteiger partial charge in [0.05, 0.1) is 18.2 Å². The zero-order valence-electron chi connectivity index (χ0n) is 12.1. The minimum atomic E-state index is -0.799. The van der Waals surface area contributed by atoms with Gasteiger partial charge in [-0.05, 0) is 38.1 Å². The predicted molar refractivity (Wildman–Crippen MR) is 85.2 cm³/mol. The molecule has 21 heavy (non-hydrogen) atoms. The maximum atomic E-state index is 10.7. The van der Waals surface area contributed by atoms with Crippen LogP contribution in [0.5, 0.6) is 5.75 Å². The molecular formula is C16H19NO3S. The molecule has 2 rings (SSSR count). The standard InChI is InChI=1S/C16H19NO3S/c1-11(2)20-15-6-4-3-5-14(15)17-10-13-8-7-12(21-13)9-16(18)19/h3-8,11,17H,9-10H2,1-2H3,(H,18,19). The number of aliphatic carboxylic acids is 1. The van der Waals surface area contributed by atoms with E-state index in [9.17, 15) is 4.79 Å². The summed E-state index contributed by atoms with van der Waals surface area (Å²) >= 11 is 1.52. The molecule has 0 atom stereocenters. The molecule has 0 radical (unpaired) electrons. The first-order valence-corrected chi connectivity index (χ1v) is 7.65. The largest absolute Gasteiger partial charge is 0.489 e. The van der Waals surface area contributed by atoms with Gasteiger partial charge in [-0.25, -0.2) is 0 Å². The summed E-state index contributed by atoms with van der Waals surface area (Å²) in [6, 6.07) is 11.6. The van der Waals surface area contributed by atoms with Gasteiger partial charge in [0.15, 0.2) is 0 Å². The normalized spacial score (nSPS) is 10.6. The smallest absolute Gasteiger partial charge is 0.308 e. The number of thiophene rings is 1. The molecule has 0 bridgehead atoms. The number of carbonyl (C=O) groups is 1. The van der Waals surface area contributed by atoms with Gasteiger partial charge in [-0.3, -0.25) is 4.79 Å². The Labute approximate surface area is 128 Å². The summed E-state index contributed by atoms with van der Waals surface area (Å²) in [6.45, 7) is 4.64. The Morgan fingerprint density at radius 1 is 1.24 bits per heavy atom. The van der Waals surface area contributed by atoms with E-state index in [-0.39, 0.29) is 12.5 Å². The van der Waals surface area contributed by atoms with Crippen molar-refractivity contribution in [3.8, 4) is 5.75 Å². The number of carboxylic acids is 1. The lowest BCUT2D eigenvalue weighted by atomic mass is 10.3. The maximum Gasteiger partial charge on any atom is 0.308 e. The number of benzene rings is 1. The van der Waals surface area contributed by atoms with Crippen LogP contribution in [0.1, 0.15) is 23.6 Å². The molecule has 0 amide bonds.